The first-order valence-corrected chi connectivity index (χ1v) is 7.26. The van der Waals surface area contributed by atoms with Gasteiger partial charge in [0.1, 0.15) is 11.2 Å². The van der Waals surface area contributed by atoms with Gasteiger partial charge in [-0.1, -0.05) is 6.42 Å². The first-order valence-electron chi connectivity index (χ1n) is 5.87. The van der Waals surface area contributed by atoms with E-state index in [1.165, 1.54) is 0 Å². The minimum absolute atomic E-state index is 0.0891. The summed E-state index contributed by atoms with van der Waals surface area (Å²) in [5.41, 5.74) is -0.822. The number of esters is 1. The van der Waals surface area contributed by atoms with Crippen LogP contribution >= 0.6 is 11.8 Å². The van der Waals surface area contributed by atoms with E-state index in [4.69, 9.17) is 4.74 Å². The summed E-state index contributed by atoms with van der Waals surface area (Å²) >= 11 is 1.67. The van der Waals surface area contributed by atoms with E-state index in [9.17, 15) is 9.59 Å². The Bertz CT molecular complexity index is 265. The number of hydrogen-bond donors (Lipinski definition) is 0. The monoisotopic (exact) mass is 244 g/mol. The third-order valence-electron chi connectivity index (χ3n) is 3.19. The lowest BCUT2D eigenvalue weighted by Crippen LogP contribution is -2.43. The van der Waals surface area contributed by atoms with Crippen molar-refractivity contribution in [2.24, 2.45) is 5.41 Å². The van der Waals surface area contributed by atoms with E-state index in [0.717, 1.165) is 18.6 Å². The predicted octanol–water partition coefficient (Wildman–Crippen LogP) is 2.43. The van der Waals surface area contributed by atoms with Gasteiger partial charge in [0.2, 0.25) is 0 Å². The maximum Gasteiger partial charge on any atom is 0.319 e. The van der Waals surface area contributed by atoms with Crippen molar-refractivity contribution in [1.29, 1.82) is 0 Å². The fraction of sp³-hybridized carbons (Fsp3) is 0.833. The highest BCUT2D eigenvalue weighted by Gasteiger charge is 2.47. The van der Waals surface area contributed by atoms with Crippen LogP contribution in [0.5, 0.6) is 0 Å². The first kappa shape index (κ1) is 13.6. The van der Waals surface area contributed by atoms with Gasteiger partial charge in [0, 0.05) is 6.42 Å². The van der Waals surface area contributed by atoms with Crippen molar-refractivity contribution in [2.45, 2.75) is 39.0 Å². The fourth-order valence-electron chi connectivity index (χ4n) is 2.22. The summed E-state index contributed by atoms with van der Waals surface area (Å²) < 4.78 is 5.08. The van der Waals surface area contributed by atoms with E-state index in [1.807, 2.05) is 6.26 Å². The van der Waals surface area contributed by atoms with E-state index >= 15 is 0 Å². The molecule has 0 radical (unpaired) electrons. The zero-order chi connectivity index (χ0) is 12.0. The van der Waals surface area contributed by atoms with E-state index in [2.05, 4.69) is 0 Å². The molecular weight excluding hydrogens is 224 g/mol. The molecule has 0 aliphatic heterocycles. The average molecular weight is 244 g/mol. The van der Waals surface area contributed by atoms with Crippen LogP contribution in [0, 0.1) is 5.41 Å². The number of carbonyl (C=O) groups excluding carboxylic acids is 2. The van der Waals surface area contributed by atoms with Crippen LogP contribution in [0.15, 0.2) is 0 Å². The topological polar surface area (TPSA) is 43.4 Å². The van der Waals surface area contributed by atoms with E-state index in [1.54, 1.807) is 18.7 Å². The number of hydrogen-bond acceptors (Lipinski definition) is 4. The Balaban J connectivity index is 2.81. The number of Topliss-reactive ketones (excluding diaryl/α,β-unsaturated/α-hetero) is 1. The first-order chi connectivity index (χ1) is 7.67. The van der Waals surface area contributed by atoms with Crippen molar-refractivity contribution in [1.82, 2.24) is 0 Å². The van der Waals surface area contributed by atoms with Crippen LogP contribution in [-0.4, -0.2) is 30.4 Å². The molecule has 4 heteroatoms. The number of thioether (sulfide) groups is 1. The van der Waals surface area contributed by atoms with Crippen molar-refractivity contribution in [3.05, 3.63) is 0 Å². The molecule has 1 unspecified atom stereocenters. The maximum atomic E-state index is 12.0. The molecule has 0 heterocycles. The second-order valence-corrected chi connectivity index (χ2v) is 5.16. The molecule has 0 N–H and O–H groups in total. The number of ether oxygens (including phenoxy) is 1. The number of rotatable bonds is 5. The molecule has 1 atom stereocenters. The van der Waals surface area contributed by atoms with Gasteiger partial charge in [0.25, 0.3) is 0 Å². The van der Waals surface area contributed by atoms with Gasteiger partial charge in [-0.15, -0.1) is 0 Å². The molecule has 0 aromatic rings. The SMILES string of the molecule is CCOC(=O)C1(CCSC)CCCCC1=O. The third-order valence-corrected chi connectivity index (χ3v) is 3.80. The van der Waals surface area contributed by atoms with Crippen molar-refractivity contribution in [2.75, 3.05) is 18.6 Å². The van der Waals surface area contributed by atoms with Crippen molar-refractivity contribution >= 4 is 23.5 Å². The maximum absolute atomic E-state index is 12.0. The zero-order valence-corrected chi connectivity index (χ0v) is 10.9. The van der Waals surface area contributed by atoms with Crippen LogP contribution in [0.2, 0.25) is 0 Å². The van der Waals surface area contributed by atoms with Gasteiger partial charge in [0.15, 0.2) is 0 Å². The second-order valence-electron chi connectivity index (χ2n) is 4.18. The van der Waals surface area contributed by atoms with Gasteiger partial charge >= 0.3 is 5.97 Å². The molecule has 16 heavy (non-hydrogen) atoms. The van der Waals surface area contributed by atoms with Crippen LogP contribution in [0.4, 0.5) is 0 Å². The van der Waals surface area contributed by atoms with Crippen molar-refractivity contribution < 1.29 is 14.3 Å². The molecule has 0 spiro atoms. The molecule has 1 fully saturated rings. The minimum Gasteiger partial charge on any atom is -0.465 e. The lowest BCUT2D eigenvalue weighted by molar-refractivity contribution is -0.162. The normalized spacial score (nSPS) is 25.5. The Morgan fingerprint density at radius 1 is 1.50 bits per heavy atom. The minimum atomic E-state index is -0.822. The molecule has 0 amide bonds. The summed E-state index contributed by atoms with van der Waals surface area (Å²) in [4.78, 5) is 24.0. The Morgan fingerprint density at radius 2 is 2.25 bits per heavy atom. The Hall–Kier alpha value is -0.510. The highest BCUT2D eigenvalue weighted by Crippen LogP contribution is 2.38. The van der Waals surface area contributed by atoms with E-state index < -0.39 is 5.41 Å². The van der Waals surface area contributed by atoms with Crippen LogP contribution in [-0.2, 0) is 14.3 Å². The molecular formula is C12H20O3S. The molecule has 1 aliphatic carbocycles. The lowest BCUT2D eigenvalue weighted by atomic mass is 9.71. The summed E-state index contributed by atoms with van der Waals surface area (Å²) in [7, 11) is 0. The van der Waals surface area contributed by atoms with Crippen molar-refractivity contribution in [3.63, 3.8) is 0 Å². The molecule has 0 aromatic carbocycles. The largest absolute Gasteiger partial charge is 0.465 e. The molecule has 0 bridgehead atoms. The summed E-state index contributed by atoms with van der Waals surface area (Å²) in [6, 6.07) is 0. The fourth-order valence-corrected chi connectivity index (χ4v) is 2.77. The Morgan fingerprint density at radius 3 is 2.81 bits per heavy atom. The molecule has 1 rings (SSSR count). The lowest BCUT2D eigenvalue weighted by Gasteiger charge is -2.33. The highest BCUT2D eigenvalue weighted by atomic mass is 32.2. The van der Waals surface area contributed by atoms with Crippen LogP contribution in [0.25, 0.3) is 0 Å². The number of ketones is 1. The van der Waals surface area contributed by atoms with Crippen LogP contribution in [0.1, 0.15) is 39.0 Å². The smallest absolute Gasteiger partial charge is 0.319 e. The average Bonchev–Trinajstić information content (AvgIpc) is 2.28. The van der Waals surface area contributed by atoms with Gasteiger partial charge in [0.05, 0.1) is 6.61 Å². The molecule has 92 valence electrons. The van der Waals surface area contributed by atoms with E-state index in [0.29, 0.717) is 25.9 Å². The summed E-state index contributed by atoms with van der Waals surface area (Å²) in [5, 5.41) is 0. The molecule has 0 aromatic heterocycles. The van der Waals surface area contributed by atoms with E-state index in [-0.39, 0.29) is 11.8 Å². The molecule has 1 aliphatic rings. The number of carbonyl (C=O) groups is 2. The third kappa shape index (κ3) is 2.78. The predicted molar refractivity (Wildman–Crippen MR) is 65.5 cm³/mol. The molecule has 3 nitrogen and oxygen atoms in total. The van der Waals surface area contributed by atoms with Gasteiger partial charge in [-0.3, -0.25) is 9.59 Å². The van der Waals surface area contributed by atoms with Crippen LogP contribution < -0.4 is 0 Å². The molecule has 1 saturated carbocycles. The Labute approximate surface area is 101 Å². The van der Waals surface area contributed by atoms with Gasteiger partial charge in [-0.25, -0.2) is 0 Å². The quantitative estimate of drug-likeness (QED) is 0.550. The summed E-state index contributed by atoms with van der Waals surface area (Å²) in [5.74, 6) is 0.630. The summed E-state index contributed by atoms with van der Waals surface area (Å²) in [6.07, 6.45) is 5.70. The zero-order valence-electron chi connectivity index (χ0n) is 10.1. The van der Waals surface area contributed by atoms with Gasteiger partial charge in [-0.05, 0) is 38.2 Å². The Kier molecular flexibility index (Phi) is 5.32. The summed E-state index contributed by atoms with van der Waals surface area (Å²) in [6.45, 7) is 2.14. The highest BCUT2D eigenvalue weighted by molar-refractivity contribution is 7.98. The van der Waals surface area contributed by atoms with Gasteiger partial charge < -0.3 is 4.74 Å². The van der Waals surface area contributed by atoms with Crippen molar-refractivity contribution in [3.8, 4) is 0 Å². The second kappa shape index (κ2) is 6.28. The van der Waals surface area contributed by atoms with Crippen LogP contribution in [0.3, 0.4) is 0 Å². The molecule has 0 saturated heterocycles. The standard InChI is InChI=1S/C12H20O3S/c1-3-15-11(14)12(8-9-16-2)7-5-4-6-10(12)13/h3-9H2,1-2H3. The van der Waals surface area contributed by atoms with Gasteiger partial charge in [-0.2, -0.15) is 11.8 Å².